The number of aliphatic imine (C=N–C) groups is 1. The molecule has 1 amide bonds. The van der Waals surface area contributed by atoms with E-state index in [1.54, 1.807) is 17.4 Å². The van der Waals surface area contributed by atoms with E-state index in [1.807, 2.05) is 19.1 Å². The Morgan fingerprint density at radius 1 is 1.47 bits per heavy atom. The molecule has 0 fully saturated rings. The Bertz CT molecular complexity index is 527. The Morgan fingerprint density at radius 2 is 2.18 bits per heavy atom. The van der Waals surface area contributed by atoms with E-state index in [4.69, 9.17) is 0 Å². The number of fused-ring (bicyclic) bond motifs is 1. The fourth-order valence-corrected chi connectivity index (χ4v) is 2.46. The number of rotatable bonds is 2. The molecule has 2 aliphatic heterocycles. The Morgan fingerprint density at radius 3 is 2.76 bits per heavy atom. The Labute approximate surface area is 104 Å². The van der Waals surface area contributed by atoms with Crippen LogP contribution in [-0.2, 0) is 9.59 Å². The van der Waals surface area contributed by atoms with Gasteiger partial charge in [-0.05, 0) is 31.8 Å². The molecule has 0 atom stereocenters. The Kier molecular flexibility index (Phi) is 3.02. The average molecular weight is 248 g/mol. The minimum Gasteiger partial charge on any atom is -0.295 e. The molecule has 0 unspecified atom stereocenters. The van der Waals surface area contributed by atoms with E-state index in [-0.39, 0.29) is 11.7 Å². The lowest BCUT2D eigenvalue weighted by molar-refractivity contribution is -0.116. The predicted molar refractivity (Wildman–Crippen MR) is 68.4 cm³/mol. The molecule has 0 saturated carbocycles. The molecule has 0 aromatic carbocycles. The van der Waals surface area contributed by atoms with Crippen LogP contribution in [0.15, 0.2) is 39.5 Å². The van der Waals surface area contributed by atoms with Crippen LogP contribution in [-0.4, -0.2) is 28.7 Å². The number of hydrogen-bond donors (Lipinski definition) is 0. The maximum Gasteiger partial charge on any atom is 0.297 e. The van der Waals surface area contributed by atoms with E-state index >= 15 is 0 Å². The molecule has 0 N–H and O–H groups in total. The molecule has 2 rings (SSSR count). The second-order valence-corrected chi connectivity index (χ2v) is 4.56. The average Bonchev–Trinajstić information content (AvgIpc) is 2.59. The molecular formula is C12H12N2O2S. The zero-order chi connectivity index (χ0) is 12.6. The van der Waals surface area contributed by atoms with E-state index in [9.17, 15) is 9.59 Å². The van der Waals surface area contributed by atoms with Crippen LogP contribution in [0.3, 0.4) is 0 Å². The largest absolute Gasteiger partial charge is 0.297 e. The molecule has 2 aliphatic rings. The van der Waals surface area contributed by atoms with Gasteiger partial charge in [-0.2, -0.15) is 4.99 Å². The zero-order valence-corrected chi connectivity index (χ0v) is 10.7. The Hall–Kier alpha value is -1.62. The van der Waals surface area contributed by atoms with Crippen LogP contribution in [0.5, 0.6) is 0 Å². The van der Waals surface area contributed by atoms with Gasteiger partial charge in [0.1, 0.15) is 11.5 Å². The number of ketones is 1. The lowest BCUT2D eigenvalue weighted by atomic mass is 10.2. The van der Waals surface area contributed by atoms with Crippen molar-refractivity contribution in [2.45, 2.75) is 13.8 Å². The van der Waals surface area contributed by atoms with E-state index in [0.29, 0.717) is 16.4 Å². The third-order valence-electron chi connectivity index (χ3n) is 2.55. The van der Waals surface area contributed by atoms with Crippen molar-refractivity contribution >= 4 is 29.3 Å². The van der Waals surface area contributed by atoms with Crippen LogP contribution < -0.4 is 0 Å². The van der Waals surface area contributed by atoms with Crippen LogP contribution in [0.25, 0.3) is 0 Å². The van der Waals surface area contributed by atoms with E-state index in [0.717, 1.165) is 5.57 Å². The number of Topliss-reactive ketones (excluding diaryl/α,β-unsaturated/α-hetero) is 1. The topological polar surface area (TPSA) is 49.7 Å². The van der Waals surface area contributed by atoms with Gasteiger partial charge < -0.3 is 0 Å². The number of thioether (sulfide) groups is 1. The normalized spacial score (nSPS) is 21.1. The van der Waals surface area contributed by atoms with Crippen LogP contribution in [0.4, 0.5) is 0 Å². The van der Waals surface area contributed by atoms with Crippen molar-refractivity contribution in [1.82, 2.24) is 4.90 Å². The molecule has 17 heavy (non-hydrogen) atoms. The van der Waals surface area contributed by atoms with Gasteiger partial charge in [-0.15, -0.1) is 11.8 Å². The second-order valence-electron chi connectivity index (χ2n) is 3.74. The molecule has 2 heterocycles. The molecule has 0 bridgehead atoms. The minimum absolute atomic E-state index is 0.113. The number of nitrogens with zero attached hydrogens (tertiary/aromatic N) is 2. The maximum atomic E-state index is 11.9. The number of allylic oxidation sites excluding steroid dienone is 3. The first-order valence-electron chi connectivity index (χ1n) is 5.13. The van der Waals surface area contributed by atoms with Crippen LogP contribution >= 0.6 is 11.8 Å². The summed E-state index contributed by atoms with van der Waals surface area (Å²) in [6.45, 7) is 3.35. The van der Waals surface area contributed by atoms with Crippen molar-refractivity contribution in [2.75, 3.05) is 6.26 Å². The van der Waals surface area contributed by atoms with Crippen molar-refractivity contribution in [1.29, 1.82) is 0 Å². The van der Waals surface area contributed by atoms with Gasteiger partial charge in [0.15, 0.2) is 5.78 Å². The quantitative estimate of drug-likeness (QED) is 0.700. The second kappa shape index (κ2) is 4.33. The van der Waals surface area contributed by atoms with Gasteiger partial charge in [0.25, 0.3) is 5.91 Å². The van der Waals surface area contributed by atoms with Gasteiger partial charge >= 0.3 is 0 Å². The van der Waals surface area contributed by atoms with Gasteiger partial charge in [-0.1, -0.05) is 6.08 Å². The van der Waals surface area contributed by atoms with E-state index in [1.165, 1.54) is 18.7 Å². The summed E-state index contributed by atoms with van der Waals surface area (Å²) in [6.07, 6.45) is 7.26. The first-order chi connectivity index (χ1) is 8.06. The third-order valence-corrected chi connectivity index (χ3v) is 3.44. The van der Waals surface area contributed by atoms with Gasteiger partial charge in [0.2, 0.25) is 0 Å². The first kappa shape index (κ1) is 11.9. The highest BCUT2D eigenvalue weighted by Gasteiger charge is 2.33. The SMILES string of the molecule is CS/C(C(C)=O)=C1\C(=O)N=C2C(C)=CC=CN21. The number of amidine groups is 1. The molecule has 0 aliphatic carbocycles. The lowest BCUT2D eigenvalue weighted by Gasteiger charge is -2.20. The van der Waals surface area contributed by atoms with Crippen molar-refractivity contribution in [3.05, 3.63) is 34.5 Å². The molecule has 0 saturated heterocycles. The summed E-state index contributed by atoms with van der Waals surface area (Å²) >= 11 is 1.28. The molecule has 5 heteroatoms. The number of carbonyl (C=O) groups excluding carboxylic acids is 2. The minimum atomic E-state index is -0.348. The smallest absolute Gasteiger partial charge is 0.295 e. The lowest BCUT2D eigenvalue weighted by Crippen LogP contribution is -2.25. The van der Waals surface area contributed by atoms with Crippen molar-refractivity contribution in [2.24, 2.45) is 4.99 Å². The summed E-state index contributed by atoms with van der Waals surface area (Å²) in [6, 6.07) is 0. The van der Waals surface area contributed by atoms with Crippen molar-refractivity contribution in [3.8, 4) is 0 Å². The number of carbonyl (C=O) groups is 2. The van der Waals surface area contributed by atoms with Gasteiger partial charge in [-0.3, -0.25) is 14.5 Å². The summed E-state index contributed by atoms with van der Waals surface area (Å²) in [4.78, 5) is 29.5. The molecule has 0 aromatic rings. The standard InChI is InChI=1S/C12H12N2O2S/c1-7-5-4-6-14-9(10(17-3)8(2)15)12(16)13-11(7)14/h4-6H,1-3H3/b10-9+. The van der Waals surface area contributed by atoms with Gasteiger partial charge in [-0.25, -0.2) is 0 Å². The highest BCUT2D eigenvalue weighted by atomic mass is 32.2. The summed E-state index contributed by atoms with van der Waals surface area (Å²) in [5.74, 6) is 0.150. The highest BCUT2D eigenvalue weighted by Crippen LogP contribution is 2.30. The molecule has 88 valence electrons. The van der Waals surface area contributed by atoms with E-state index < -0.39 is 0 Å². The first-order valence-corrected chi connectivity index (χ1v) is 6.35. The monoisotopic (exact) mass is 248 g/mol. The van der Waals surface area contributed by atoms with Crippen LogP contribution in [0.1, 0.15) is 13.8 Å². The highest BCUT2D eigenvalue weighted by molar-refractivity contribution is 8.03. The van der Waals surface area contributed by atoms with Crippen LogP contribution in [0, 0.1) is 0 Å². The molecule has 0 spiro atoms. The maximum absolute atomic E-state index is 11.9. The Balaban J connectivity index is 2.55. The molecule has 0 radical (unpaired) electrons. The third kappa shape index (κ3) is 1.86. The van der Waals surface area contributed by atoms with Crippen molar-refractivity contribution < 1.29 is 9.59 Å². The molecular weight excluding hydrogens is 236 g/mol. The summed E-state index contributed by atoms with van der Waals surface area (Å²) < 4.78 is 0. The fraction of sp³-hybridized carbons (Fsp3) is 0.250. The van der Waals surface area contributed by atoms with Crippen LogP contribution in [0.2, 0.25) is 0 Å². The molecule has 0 aromatic heterocycles. The van der Waals surface area contributed by atoms with E-state index in [2.05, 4.69) is 4.99 Å². The fourth-order valence-electron chi connectivity index (χ4n) is 1.80. The summed E-state index contributed by atoms with van der Waals surface area (Å²) in [5.41, 5.74) is 1.28. The predicted octanol–water partition coefficient (Wildman–Crippen LogP) is 1.86. The van der Waals surface area contributed by atoms with Gasteiger partial charge in [0, 0.05) is 6.20 Å². The van der Waals surface area contributed by atoms with Gasteiger partial charge in [0.05, 0.1) is 4.91 Å². The number of amides is 1. The van der Waals surface area contributed by atoms with Crippen molar-refractivity contribution in [3.63, 3.8) is 0 Å². The summed E-state index contributed by atoms with van der Waals surface area (Å²) in [7, 11) is 0. The number of hydrogen-bond acceptors (Lipinski definition) is 4. The zero-order valence-electron chi connectivity index (χ0n) is 9.85. The summed E-state index contributed by atoms with van der Waals surface area (Å²) in [5, 5.41) is 0. The molecule has 4 nitrogen and oxygen atoms in total.